The number of anilines is 1. The van der Waals surface area contributed by atoms with Crippen LogP contribution in [0.25, 0.3) is 11.3 Å². The zero-order chi connectivity index (χ0) is 14.9. The number of sulfone groups is 1. The van der Waals surface area contributed by atoms with Gasteiger partial charge in [-0.05, 0) is 31.9 Å². The molecule has 1 unspecified atom stereocenters. The third-order valence-electron chi connectivity index (χ3n) is 3.61. The summed E-state index contributed by atoms with van der Waals surface area (Å²) in [4.78, 5) is 4.49. The fraction of sp³-hybridized carbons (Fsp3) is 0.400. The Morgan fingerprint density at radius 1 is 1.38 bits per heavy atom. The van der Waals surface area contributed by atoms with Gasteiger partial charge in [0.2, 0.25) is 0 Å². The van der Waals surface area contributed by atoms with E-state index in [1.54, 1.807) is 11.3 Å². The van der Waals surface area contributed by atoms with Crippen molar-refractivity contribution in [2.75, 3.05) is 16.8 Å². The maximum absolute atomic E-state index is 11.7. The molecule has 1 aromatic carbocycles. The predicted octanol–water partition coefficient (Wildman–Crippen LogP) is 3.11. The van der Waals surface area contributed by atoms with Gasteiger partial charge in [0.05, 0.1) is 22.2 Å². The number of nitrogens with one attached hydrogen (secondary N) is 1. The van der Waals surface area contributed by atoms with Crippen LogP contribution in [-0.4, -0.2) is 30.9 Å². The molecule has 1 aromatic heterocycles. The summed E-state index contributed by atoms with van der Waals surface area (Å²) in [7, 11) is -2.88. The molecule has 6 heteroatoms. The maximum atomic E-state index is 11.7. The van der Waals surface area contributed by atoms with Crippen LogP contribution in [0, 0.1) is 6.92 Å². The number of benzene rings is 1. The lowest BCUT2D eigenvalue weighted by atomic mass is 10.1. The molecule has 4 nitrogen and oxygen atoms in total. The van der Waals surface area contributed by atoms with E-state index in [1.807, 2.05) is 36.6 Å². The molecule has 1 saturated heterocycles. The van der Waals surface area contributed by atoms with Crippen molar-refractivity contribution >= 4 is 26.9 Å². The van der Waals surface area contributed by atoms with Gasteiger partial charge in [0.25, 0.3) is 0 Å². The summed E-state index contributed by atoms with van der Waals surface area (Å²) in [6.07, 6.45) is 1.64. The minimum Gasteiger partial charge on any atom is -0.381 e. The standard InChI is InChI=1S/C15H18N2O2S2/c1-11-16-15(9-20-11)12-4-2-5-13(8-12)17-14-6-3-7-21(18,19)10-14/h2,4-5,8-9,14,17H,3,6-7,10H2,1H3. The fourth-order valence-corrected chi connectivity index (χ4v) is 4.89. The molecule has 0 saturated carbocycles. The number of nitrogens with zero attached hydrogens (tertiary/aromatic N) is 1. The number of thiazole rings is 1. The Kier molecular flexibility index (Phi) is 3.99. The Hall–Kier alpha value is -1.40. The van der Waals surface area contributed by atoms with Crippen molar-refractivity contribution in [1.82, 2.24) is 4.98 Å². The summed E-state index contributed by atoms with van der Waals surface area (Å²) in [6, 6.07) is 8.02. The smallest absolute Gasteiger partial charge is 0.152 e. The Morgan fingerprint density at radius 3 is 2.95 bits per heavy atom. The second-order valence-corrected chi connectivity index (χ2v) is 8.72. The third kappa shape index (κ3) is 3.63. The SMILES string of the molecule is Cc1nc(-c2cccc(NC3CCCS(=O)(=O)C3)c2)cs1. The van der Waals surface area contributed by atoms with E-state index in [0.717, 1.165) is 34.8 Å². The Labute approximate surface area is 129 Å². The van der Waals surface area contributed by atoms with Crippen LogP contribution in [-0.2, 0) is 9.84 Å². The molecule has 0 bridgehead atoms. The van der Waals surface area contributed by atoms with E-state index in [4.69, 9.17) is 0 Å². The highest BCUT2D eigenvalue weighted by molar-refractivity contribution is 7.91. The van der Waals surface area contributed by atoms with Crippen LogP contribution in [0.4, 0.5) is 5.69 Å². The highest BCUT2D eigenvalue weighted by Crippen LogP contribution is 2.25. The zero-order valence-corrected chi connectivity index (χ0v) is 13.5. The van der Waals surface area contributed by atoms with Gasteiger partial charge in [-0.15, -0.1) is 11.3 Å². The van der Waals surface area contributed by atoms with E-state index in [0.29, 0.717) is 5.75 Å². The van der Waals surface area contributed by atoms with E-state index in [1.165, 1.54) is 0 Å². The van der Waals surface area contributed by atoms with Crippen molar-refractivity contribution in [3.05, 3.63) is 34.7 Å². The van der Waals surface area contributed by atoms with E-state index in [2.05, 4.69) is 10.3 Å². The lowest BCUT2D eigenvalue weighted by molar-refractivity contribution is 0.562. The summed E-state index contributed by atoms with van der Waals surface area (Å²) in [5, 5.41) is 6.43. The first-order valence-electron chi connectivity index (χ1n) is 7.01. The van der Waals surface area contributed by atoms with Crippen LogP contribution in [0.5, 0.6) is 0 Å². The molecule has 0 amide bonds. The first-order chi connectivity index (χ1) is 10.0. The molecule has 1 N–H and O–H groups in total. The summed E-state index contributed by atoms with van der Waals surface area (Å²) in [5.41, 5.74) is 2.99. The van der Waals surface area contributed by atoms with Gasteiger partial charge in [-0.2, -0.15) is 0 Å². The molecule has 2 aromatic rings. The van der Waals surface area contributed by atoms with Crippen molar-refractivity contribution < 1.29 is 8.42 Å². The maximum Gasteiger partial charge on any atom is 0.152 e. The number of hydrogen-bond donors (Lipinski definition) is 1. The summed E-state index contributed by atoms with van der Waals surface area (Å²) in [5.74, 6) is 0.552. The average molecular weight is 322 g/mol. The van der Waals surface area contributed by atoms with Gasteiger partial charge in [-0.25, -0.2) is 13.4 Å². The van der Waals surface area contributed by atoms with Crippen LogP contribution >= 0.6 is 11.3 Å². The van der Waals surface area contributed by atoms with Gasteiger partial charge in [-0.3, -0.25) is 0 Å². The van der Waals surface area contributed by atoms with E-state index in [-0.39, 0.29) is 11.8 Å². The normalized spacial score (nSPS) is 21.1. The van der Waals surface area contributed by atoms with Crippen LogP contribution in [0.1, 0.15) is 17.8 Å². The van der Waals surface area contributed by atoms with Gasteiger partial charge in [0, 0.05) is 22.7 Å². The molecular weight excluding hydrogens is 304 g/mol. The molecule has 2 heterocycles. The topological polar surface area (TPSA) is 59.1 Å². The van der Waals surface area contributed by atoms with Crippen molar-refractivity contribution in [2.24, 2.45) is 0 Å². The summed E-state index contributed by atoms with van der Waals surface area (Å²) >= 11 is 1.63. The van der Waals surface area contributed by atoms with E-state index < -0.39 is 9.84 Å². The second kappa shape index (κ2) is 5.77. The van der Waals surface area contributed by atoms with Crippen LogP contribution in [0.15, 0.2) is 29.6 Å². The molecule has 0 aliphatic carbocycles. The lowest BCUT2D eigenvalue weighted by Crippen LogP contribution is -2.34. The highest BCUT2D eigenvalue weighted by Gasteiger charge is 2.24. The van der Waals surface area contributed by atoms with Crippen molar-refractivity contribution in [3.8, 4) is 11.3 Å². The molecule has 0 spiro atoms. The Balaban J connectivity index is 1.77. The number of hydrogen-bond acceptors (Lipinski definition) is 5. The highest BCUT2D eigenvalue weighted by atomic mass is 32.2. The van der Waals surface area contributed by atoms with Gasteiger partial charge in [0.1, 0.15) is 0 Å². The minimum absolute atomic E-state index is 0.0103. The Morgan fingerprint density at radius 2 is 2.24 bits per heavy atom. The summed E-state index contributed by atoms with van der Waals surface area (Å²) < 4.78 is 23.4. The zero-order valence-electron chi connectivity index (χ0n) is 11.9. The van der Waals surface area contributed by atoms with Gasteiger partial charge in [0.15, 0.2) is 9.84 Å². The Bertz CT molecular complexity index is 738. The number of aromatic nitrogens is 1. The first-order valence-corrected chi connectivity index (χ1v) is 9.71. The van der Waals surface area contributed by atoms with Gasteiger partial charge >= 0.3 is 0 Å². The molecule has 3 rings (SSSR count). The first kappa shape index (κ1) is 14.5. The van der Waals surface area contributed by atoms with Crippen molar-refractivity contribution in [2.45, 2.75) is 25.8 Å². The van der Waals surface area contributed by atoms with Crippen LogP contribution in [0.3, 0.4) is 0 Å². The molecule has 1 atom stereocenters. The lowest BCUT2D eigenvalue weighted by Gasteiger charge is -2.24. The van der Waals surface area contributed by atoms with Gasteiger partial charge < -0.3 is 5.32 Å². The number of rotatable bonds is 3. The molecule has 1 fully saturated rings. The van der Waals surface area contributed by atoms with Crippen LogP contribution < -0.4 is 5.32 Å². The third-order valence-corrected chi connectivity index (χ3v) is 6.21. The van der Waals surface area contributed by atoms with Crippen molar-refractivity contribution in [1.29, 1.82) is 0 Å². The van der Waals surface area contributed by atoms with Crippen molar-refractivity contribution in [3.63, 3.8) is 0 Å². The molecule has 1 aliphatic rings. The predicted molar refractivity (Wildman–Crippen MR) is 87.6 cm³/mol. The van der Waals surface area contributed by atoms with Gasteiger partial charge in [-0.1, -0.05) is 12.1 Å². The number of aryl methyl sites for hydroxylation is 1. The second-order valence-electron chi connectivity index (χ2n) is 5.43. The molecule has 21 heavy (non-hydrogen) atoms. The molecular formula is C15H18N2O2S2. The fourth-order valence-electron chi connectivity index (χ4n) is 2.64. The average Bonchev–Trinajstić information content (AvgIpc) is 2.85. The van der Waals surface area contributed by atoms with E-state index in [9.17, 15) is 8.42 Å². The quantitative estimate of drug-likeness (QED) is 0.943. The molecule has 112 valence electrons. The molecule has 1 aliphatic heterocycles. The van der Waals surface area contributed by atoms with Crippen LogP contribution in [0.2, 0.25) is 0 Å². The molecule has 0 radical (unpaired) electrons. The summed E-state index contributed by atoms with van der Waals surface area (Å²) in [6.45, 7) is 1.99. The van der Waals surface area contributed by atoms with E-state index >= 15 is 0 Å². The largest absolute Gasteiger partial charge is 0.381 e. The monoisotopic (exact) mass is 322 g/mol. The minimum atomic E-state index is -2.88.